The first-order valence-corrected chi connectivity index (χ1v) is 5.74. The highest BCUT2D eigenvalue weighted by Gasteiger charge is 2.14. The van der Waals surface area contributed by atoms with Gasteiger partial charge in [-0.1, -0.05) is 0 Å². The van der Waals surface area contributed by atoms with E-state index in [-0.39, 0.29) is 6.79 Å². The second-order valence-corrected chi connectivity index (χ2v) is 3.70. The molecule has 0 aliphatic heterocycles. The average Bonchev–Trinajstić information content (AvgIpc) is 2.39. The van der Waals surface area contributed by atoms with Gasteiger partial charge in [0.1, 0.15) is 18.4 Å². The molecule has 0 saturated heterocycles. The molecule has 0 radical (unpaired) electrons. The smallest absolute Gasteiger partial charge is 0.189 e. The van der Waals surface area contributed by atoms with E-state index in [9.17, 15) is 0 Å². The summed E-state index contributed by atoms with van der Waals surface area (Å²) in [5, 5.41) is 0. The normalized spacial score (nSPS) is 10.4. The summed E-state index contributed by atoms with van der Waals surface area (Å²) in [6.07, 6.45) is 2.79. The summed E-state index contributed by atoms with van der Waals surface area (Å²) in [5.41, 5.74) is 13.2. The van der Waals surface area contributed by atoms with Crippen molar-refractivity contribution in [2.24, 2.45) is 0 Å². The lowest BCUT2D eigenvalue weighted by molar-refractivity contribution is 0.0228. The van der Waals surface area contributed by atoms with E-state index < -0.39 is 0 Å². The molecule has 0 spiro atoms. The molecule has 0 atom stereocenters. The first kappa shape index (κ1) is 13.0. The van der Waals surface area contributed by atoms with Gasteiger partial charge in [0, 0.05) is 24.0 Å². The zero-order chi connectivity index (χ0) is 13.7. The predicted molar refractivity (Wildman–Crippen MR) is 71.2 cm³/mol. The van der Waals surface area contributed by atoms with Crippen LogP contribution in [0.4, 0.5) is 11.4 Å². The third-order valence-corrected chi connectivity index (χ3v) is 2.37. The number of nitrogens with two attached hydrogens (primary N) is 2. The van der Waals surface area contributed by atoms with Crippen molar-refractivity contribution in [3.63, 3.8) is 0 Å². The van der Waals surface area contributed by atoms with Crippen LogP contribution in [0.1, 0.15) is 6.92 Å². The van der Waals surface area contributed by atoms with E-state index in [1.807, 2.05) is 6.92 Å². The Labute approximate surface area is 110 Å². The molecule has 100 valence electrons. The van der Waals surface area contributed by atoms with E-state index in [4.69, 9.17) is 20.9 Å². The fourth-order valence-corrected chi connectivity index (χ4v) is 1.57. The lowest BCUT2D eigenvalue weighted by Crippen LogP contribution is -2.06. The largest absolute Gasteiger partial charge is 0.467 e. The van der Waals surface area contributed by atoms with Crippen LogP contribution in [0.15, 0.2) is 24.8 Å². The van der Waals surface area contributed by atoms with Gasteiger partial charge in [0.2, 0.25) is 0 Å². The Bertz CT molecular complexity index is 547. The molecule has 0 aliphatic carbocycles. The standard InChI is InChI=1S/C12H15N5O2/c1-2-18-7-19-10-4-8(13)3-9(14)11(10)12-16-5-15-6-17-12/h3-6H,2,7,13-14H2,1H3. The molecule has 0 saturated carbocycles. The van der Waals surface area contributed by atoms with Crippen LogP contribution in [0.5, 0.6) is 5.75 Å². The number of benzene rings is 1. The van der Waals surface area contributed by atoms with Crippen molar-refractivity contribution >= 4 is 11.4 Å². The minimum absolute atomic E-state index is 0.109. The first-order chi connectivity index (χ1) is 9.22. The number of aromatic nitrogens is 3. The van der Waals surface area contributed by atoms with Crippen molar-refractivity contribution < 1.29 is 9.47 Å². The lowest BCUT2D eigenvalue weighted by Gasteiger charge is -2.13. The molecule has 7 heteroatoms. The Hall–Kier alpha value is -2.41. The van der Waals surface area contributed by atoms with E-state index in [1.54, 1.807) is 12.1 Å². The molecule has 0 unspecified atom stereocenters. The molecule has 1 heterocycles. The minimum atomic E-state index is 0.109. The summed E-state index contributed by atoms with van der Waals surface area (Å²) >= 11 is 0. The molecule has 2 aromatic rings. The number of hydrogen-bond donors (Lipinski definition) is 2. The molecule has 1 aromatic carbocycles. The van der Waals surface area contributed by atoms with Gasteiger partial charge in [0.05, 0.1) is 5.56 Å². The molecule has 0 fully saturated rings. The third-order valence-electron chi connectivity index (χ3n) is 2.37. The maximum absolute atomic E-state index is 5.96. The van der Waals surface area contributed by atoms with Gasteiger partial charge in [0.25, 0.3) is 0 Å². The van der Waals surface area contributed by atoms with Gasteiger partial charge in [-0.25, -0.2) is 15.0 Å². The molecule has 1 aromatic heterocycles. The highest BCUT2D eigenvalue weighted by atomic mass is 16.7. The summed E-state index contributed by atoms with van der Waals surface area (Å²) in [6, 6.07) is 3.29. The Morgan fingerprint density at radius 1 is 1.16 bits per heavy atom. The van der Waals surface area contributed by atoms with Crippen LogP contribution < -0.4 is 16.2 Å². The fourth-order valence-electron chi connectivity index (χ4n) is 1.57. The van der Waals surface area contributed by atoms with Crippen LogP contribution in [-0.2, 0) is 4.74 Å². The van der Waals surface area contributed by atoms with Gasteiger partial charge in [-0.3, -0.25) is 0 Å². The predicted octanol–water partition coefficient (Wildman–Crippen LogP) is 1.08. The quantitative estimate of drug-likeness (QED) is 0.470. The second kappa shape index (κ2) is 5.96. The monoisotopic (exact) mass is 261 g/mol. The maximum Gasteiger partial charge on any atom is 0.189 e. The number of nitrogen functional groups attached to an aromatic ring is 2. The van der Waals surface area contributed by atoms with E-state index >= 15 is 0 Å². The van der Waals surface area contributed by atoms with Gasteiger partial charge in [0.15, 0.2) is 12.6 Å². The molecule has 2 rings (SSSR count). The zero-order valence-electron chi connectivity index (χ0n) is 10.5. The van der Waals surface area contributed by atoms with Crippen molar-refractivity contribution in [1.82, 2.24) is 15.0 Å². The molecular weight excluding hydrogens is 246 g/mol. The molecule has 0 aliphatic rings. The average molecular weight is 261 g/mol. The Balaban J connectivity index is 2.40. The van der Waals surface area contributed by atoms with E-state index in [2.05, 4.69) is 15.0 Å². The lowest BCUT2D eigenvalue weighted by atomic mass is 10.1. The summed E-state index contributed by atoms with van der Waals surface area (Å²) in [7, 11) is 0. The van der Waals surface area contributed by atoms with E-state index in [0.717, 1.165) is 0 Å². The highest BCUT2D eigenvalue weighted by molar-refractivity contribution is 5.81. The SMILES string of the molecule is CCOCOc1cc(N)cc(N)c1-c1ncncn1. The number of anilines is 2. The first-order valence-electron chi connectivity index (χ1n) is 5.74. The molecule has 0 amide bonds. The topological polar surface area (TPSA) is 109 Å². The van der Waals surface area contributed by atoms with E-state index in [1.165, 1.54) is 12.7 Å². The van der Waals surface area contributed by atoms with Crippen molar-refractivity contribution in [1.29, 1.82) is 0 Å². The molecular formula is C12H15N5O2. The summed E-state index contributed by atoms with van der Waals surface area (Å²) in [6.45, 7) is 2.54. The van der Waals surface area contributed by atoms with Crippen LogP contribution >= 0.6 is 0 Å². The van der Waals surface area contributed by atoms with Crippen LogP contribution in [0, 0.1) is 0 Å². The molecule has 4 N–H and O–H groups in total. The summed E-state index contributed by atoms with van der Waals surface area (Å²) < 4.78 is 10.7. The number of rotatable bonds is 5. The number of hydrogen-bond acceptors (Lipinski definition) is 7. The molecule has 0 bridgehead atoms. The third kappa shape index (κ3) is 3.08. The van der Waals surface area contributed by atoms with Gasteiger partial charge in [-0.2, -0.15) is 0 Å². The van der Waals surface area contributed by atoms with E-state index in [0.29, 0.717) is 35.1 Å². The minimum Gasteiger partial charge on any atom is -0.467 e. The van der Waals surface area contributed by atoms with Crippen LogP contribution in [0.2, 0.25) is 0 Å². The number of ether oxygens (including phenoxy) is 2. The van der Waals surface area contributed by atoms with Crippen molar-refractivity contribution in [3.05, 3.63) is 24.8 Å². The van der Waals surface area contributed by atoms with Crippen molar-refractivity contribution in [2.75, 3.05) is 24.9 Å². The Morgan fingerprint density at radius 2 is 1.89 bits per heavy atom. The van der Waals surface area contributed by atoms with Gasteiger partial charge in [-0.05, 0) is 13.0 Å². The maximum atomic E-state index is 5.96. The van der Waals surface area contributed by atoms with Crippen LogP contribution in [-0.4, -0.2) is 28.4 Å². The van der Waals surface area contributed by atoms with Gasteiger partial charge < -0.3 is 20.9 Å². The molecule has 19 heavy (non-hydrogen) atoms. The fraction of sp³-hybridized carbons (Fsp3) is 0.250. The van der Waals surface area contributed by atoms with Crippen LogP contribution in [0.3, 0.4) is 0 Å². The van der Waals surface area contributed by atoms with Crippen molar-refractivity contribution in [3.8, 4) is 17.1 Å². The highest BCUT2D eigenvalue weighted by Crippen LogP contribution is 2.35. The van der Waals surface area contributed by atoms with Crippen molar-refractivity contribution in [2.45, 2.75) is 6.92 Å². The summed E-state index contributed by atoms with van der Waals surface area (Å²) in [5.74, 6) is 0.913. The second-order valence-electron chi connectivity index (χ2n) is 3.70. The summed E-state index contributed by atoms with van der Waals surface area (Å²) in [4.78, 5) is 11.9. The Morgan fingerprint density at radius 3 is 2.58 bits per heavy atom. The van der Waals surface area contributed by atoms with Gasteiger partial charge in [-0.15, -0.1) is 0 Å². The number of nitrogens with zero attached hydrogens (tertiary/aromatic N) is 3. The van der Waals surface area contributed by atoms with Gasteiger partial charge >= 0.3 is 0 Å². The molecule has 7 nitrogen and oxygen atoms in total. The zero-order valence-corrected chi connectivity index (χ0v) is 10.5. The van der Waals surface area contributed by atoms with Crippen LogP contribution in [0.25, 0.3) is 11.4 Å². The Kier molecular flexibility index (Phi) is 4.09.